The number of hydrogen-bond acceptors (Lipinski definition) is 3. The molecule has 2 unspecified atom stereocenters. The summed E-state index contributed by atoms with van der Waals surface area (Å²) in [6.07, 6.45) is 0.977. The zero-order valence-corrected chi connectivity index (χ0v) is 9.14. The Morgan fingerprint density at radius 2 is 2.19 bits per heavy atom. The van der Waals surface area contributed by atoms with Gasteiger partial charge in [0.2, 0.25) is 5.91 Å². The standard InChI is InChI=1S/C12H14N2O2/c1-16-11-5-3-2-4-10(11)14-7-8-6-9(13-8)12(14)15/h2-5,8-9,13H,6-7H2,1H3. The number of carbonyl (C=O) groups excluding carboxylic acids is 1. The Morgan fingerprint density at radius 3 is 2.88 bits per heavy atom. The molecule has 1 N–H and O–H groups in total. The van der Waals surface area contributed by atoms with Crippen molar-refractivity contribution >= 4 is 11.6 Å². The largest absolute Gasteiger partial charge is 0.495 e. The van der Waals surface area contributed by atoms with Crippen LogP contribution in [0.25, 0.3) is 0 Å². The zero-order chi connectivity index (χ0) is 11.1. The molecule has 84 valence electrons. The fourth-order valence-electron chi connectivity index (χ4n) is 2.41. The van der Waals surface area contributed by atoms with Crippen molar-refractivity contribution in [2.24, 2.45) is 0 Å². The van der Waals surface area contributed by atoms with Gasteiger partial charge in [-0.3, -0.25) is 4.79 Å². The van der Waals surface area contributed by atoms with Crippen LogP contribution in [-0.2, 0) is 4.79 Å². The molecule has 3 saturated heterocycles. The van der Waals surface area contributed by atoms with E-state index in [0.29, 0.717) is 6.04 Å². The second-order valence-corrected chi connectivity index (χ2v) is 4.27. The van der Waals surface area contributed by atoms with Gasteiger partial charge in [0.1, 0.15) is 5.75 Å². The second kappa shape index (κ2) is 3.49. The smallest absolute Gasteiger partial charge is 0.244 e. The third kappa shape index (κ3) is 1.30. The van der Waals surface area contributed by atoms with Crippen LogP contribution in [-0.4, -0.2) is 31.6 Å². The highest BCUT2D eigenvalue weighted by molar-refractivity contribution is 6.00. The molecular formula is C12H14N2O2. The van der Waals surface area contributed by atoms with E-state index in [1.54, 1.807) is 7.11 Å². The van der Waals surface area contributed by atoms with Crippen molar-refractivity contribution in [3.63, 3.8) is 0 Å². The number of para-hydroxylation sites is 2. The van der Waals surface area contributed by atoms with Crippen LogP contribution in [0.5, 0.6) is 5.75 Å². The molecule has 1 aromatic rings. The van der Waals surface area contributed by atoms with Crippen molar-refractivity contribution in [1.82, 2.24) is 5.32 Å². The van der Waals surface area contributed by atoms with Gasteiger partial charge in [-0.05, 0) is 18.6 Å². The topological polar surface area (TPSA) is 41.6 Å². The third-order valence-corrected chi connectivity index (χ3v) is 3.30. The highest BCUT2D eigenvalue weighted by Gasteiger charge is 2.44. The average molecular weight is 218 g/mol. The number of nitrogens with one attached hydrogen (secondary N) is 1. The summed E-state index contributed by atoms with van der Waals surface area (Å²) in [5.74, 6) is 0.921. The van der Waals surface area contributed by atoms with Gasteiger partial charge in [0.25, 0.3) is 0 Å². The van der Waals surface area contributed by atoms with Crippen molar-refractivity contribution in [2.45, 2.75) is 18.5 Å². The molecule has 2 bridgehead atoms. The Balaban J connectivity index is 1.94. The quantitative estimate of drug-likeness (QED) is 0.797. The highest BCUT2D eigenvalue weighted by Crippen LogP contribution is 2.33. The summed E-state index contributed by atoms with van der Waals surface area (Å²) in [6.45, 7) is 0.746. The lowest BCUT2D eigenvalue weighted by Gasteiger charge is -2.47. The Kier molecular flexibility index (Phi) is 2.11. The van der Waals surface area contributed by atoms with Crippen LogP contribution in [0.4, 0.5) is 5.69 Å². The van der Waals surface area contributed by atoms with Gasteiger partial charge in [-0.2, -0.15) is 0 Å². The number of fused-ring (bicyclic) bond motifs is 2. The number of nitrogens with zero attached hydrogens (tertiary/aromatic N) is 1. The van der Waals surface area contributed by atoms with Crippen LogP contribution in [0.15, 0.2) is 24.3 Å². The predicted molar refractivity (Wildman–Crippen MR) is 60.7 cm³/mol. The molecule has 3 heterocycles. The number of ether oxygens (including phenoxy) is 1. The van der Waals surface area contributed by atoms with Gasteiger partial charge < -0.3 is 15.0 Å². The first-order chi connectivity index (χ1) is 7.79. The highest BCUT2D eigenvalue weighted by atomic mass is 16.5. The van der Waals surface area contributed by atoms with Gasteiger partial charge in [0, 0.05) is 12.6 Å². The van der Waals surface area contributed by atoms with Crippen LogP contribution in [0, 0.1) is 0 Å². The lowest BCUT2D eigenvalue weighted by molar-refractivity contribution is -0.125. The molecule has 0 radical (unpaired) electrons. The minimum atomic E-state index is 0.0173. The lowest BCUT2D eigenvalue weighted by Crippen LogP contribution is -2.70. The van der Waals surface area contributed by atoms with Crippen LogP contribution >= 0.6 is 0 Å². The maximum atomic E-state index is 12.0. The second-order valence-electron chi connectivity index (χ2n) is 4.27. The number of methoxy groups -OCH3 is 1. The first-order valence-corrected chi connectivity index (χ1v) is 5.50. The van der Waals surface area contributed by atoms with Crippen molar-refractivity contribution in [1.29, 1.82) is 0 Å². The fraction of sp³-hybridized carbons (Fsp3) is 0.417. The maximum absolute atomic E-state index is 12.0. The van der Waals surface area contributed by atoms with Crippen LogP contribution in [0.1, 0.15) is 6.42 Å². The van der Waals surface area contributed by atoms with Gasteiger partial charge in [-0.1, -0.05) is 12.1 Å². The molecule has 0 spiro atoms. The van der Waals surface area contributed by atoms with Crippen molar-refractivity contribution in [3.8, 4) is 5.75 Å². The molecule has 1 amide bonds. The minimum absolute atomic E-state index is 0.0173. The Morgan fingerprint density at radius 1 is 1.44 bits per heavy atom. The van der Waals surface area contributed by atoms with E-state index in [0.717, 1.165) is 24.4 Å². The molecule has 4 heteroatoms. The number of amides is 1. The number of carbonyl (C=O) groups is 1. The molecule has 16 heavy (non-hydrogen) atoms. The maximum Gasteiger partial charge on any atom is 0.244 e. The summed E-state index contributed by atoms with van der Waals surface area (Å²) in [6, 6.07) is 8.13. The van der Waals surface area contributed by atoms with Gasteiger partial charge in [-0.25, -0.2) is 0 Å². The summed E-state index contributed by atoms with van der Waals surface area (Å²) in [5.41, 5.74) is 0.881. The third-order valence-electron chi connectivity index (χ3n) is 3.30. The van der Waals surface area contributed by atoms with Crippen LogP contribution in [0.3, 0.4) is 0 Å². The molecule has 0 aliphatic carbocycles. The van der Waals surface area contributed by atoms with Crippen molar-refractivity contribution in [3.05, 3.63) is 24.3 Å². The molecule has 3 fully saturated rings. The van der Waals surface area contributed by atoms with E-state index in [2.05, 4.69) is 5.32 Å². The van der Waals surface area contributed by atoms with Crippen LogP contribution in [0.2, 0.25) is 0 Å². The van der Waals surface area contributed by atoms with E-state index >= 15 is 0 Å². The molecular weight excluding hydrogens is 204 g/mol. The molecule has 3 aliphatic rings. The van der Waals surface area contributed by atoms with E-state index in [1.807, 2.05) is 29.2 Å². The Bertz CT molecular complexity index is 427. The summed E-state index contributed by atoms with van der Waals surface area (Å²) in [4.78, 5) is 13.9. The first kappa shape index (κ1) is 9.66. The van der Waals surface area contributed by atoms with Crippen LogP contribution < -0.4 is 15.0 Å². The van der Waals surface area contributed by atoms with Gasteiger partial charge in [-0.15, -0.1) is 0 Å². The summed E-state index contributed by atoms with van der Waals surface area (Å²) >= 11 is 0. The lowest BCUT2D eigenvalue weighted by atomic mass is 9.90. The Labute approximate surface area is 94.2 Å². The van der Waals surface area contributed by atoms with E-state index < -0.39 is 0 Å². The van der Waals surface area contributed by atoms with E-state index in [4.69, 9.17) is 4.74 Å². The summed E-state index contributed by atoms with van der Waals surface area (Å²) < 4.78 is 5.28. The number of anilines is 1. The number of piperidine rings is 1. The first-order valence-electron chi connectivity index (χ1n) is 5.50. The SMILES string of the molecule is COc1ccccc1N1CC2CC(N2)C1=O. The van der Waals surface area contributed by atoms with Crippen molar-refractivity contribution < 1.29 is 9.53 Å². The molecule has 0 aromatic heterocycles. The van der Waals surface area contributed by atoms with E-state index in [-0.39, 0.29) is 11.9 Å². The molecule has 0 saturated carbocycles. The molecule has 4 rings (SSSR count). The number of rotatable bonds is 2. The van der Waals surface area contributed by atoms with Gasteiger partial charge in [0.05, 0.1) is 18.8 Å². The van der Waals surface area contributed by atoms with Gasteiger partial charge >= 0.3 is 0 Å². The number of benzene rings is 1. The minimum Gasteiger partial charge on any atom is -0.495 e. The van der Waals surface area contributed by atoms with E-state index in [1.165, 1.54) is 0 Å². The average Bonchev–Trinajstić information content (AvgIpc) is 2.28. The molecule has 3 aliphatic heterocycles. The van der Waals surface area contributed by atoms with Crippen molar-refractivity contribution in [2.75, 3.05) is 18.6 Å². The zero-order valence-electron chi connectivity index (χ0n) is 9.14. The monoisotopic (exact) mass is 218 g/mol. The van der Waals surface area contributed by atoms with Gasteiger partial charge in [0.15, 0.2) is 0 Å². The number of hydrogen-bond donors (Lipinski definition) is 1. The summed E-state index contributed by atoms with van der Waals surface area (Å²) in [7, 11) is 1.63. The molecule has 2 atom stereocenters. The van der Waals surface area contributed by atoms with E-state index in [9.17, 15) is 4.79 Å². The normalized spacial score (nSPS) is 27.6. The number of piperazine rings is 1. The fourth-order valence-corrected chi connectivity index (χ4v) is 2.41. The summed E-state index contributed by atoms with van der Waals surface area (Å²) in [5, 5.41) is 3.23. The Hall–Kier alpha value is -1.55. The molecule has 4 nitrogen and oxygen atoms in total. The predicted octanol–water partition coefficient (Wildman–Crippen LogP) is 0.772. The molecule has 1 aromatic carbocycles.